The molecule has 1 aromatic rings. The van der Waals surface area contributed by atoms with Crippen molar-refractivity contribution >= 4 is 17.6 Å². The van der Waals surface area contributed by atoms with Crippen LogP contribution in [-0.4, -0.2) is 25.1 Å². The number of methoxy groups -OCH3 is 1. The van der Waals surface area contributed by atoms with Crippen LogP contribution in [0.25, 0.3) is 0 Å². The van der Waals surface area contributed by atoms with Crippen LogP contribution in [0.5, 0.6) is 5.75 Å². The first kappa shape index (κ1) is 13.4. The number of nitrogens with one attached hydrogen (secondary N) is 1. The zero-order valence-electron chi connectivity index (χ0n) is 11.0. The number of benzene rings is 1. The molecular weight excluding hydrogens is 246 g/mol. The summed E-state index contributed by atoms with van der Waals surface area (Å²) in [5.41, 5.74) is 0.560. The third-order valence-electron chi connectivity index (χ3n) is 2.94. The molecule has 1 fully saturated rings. The Morgan fingerprint density at radius 1 is 1.32 bits per heavy atom. The molecule has 0 aromatic heterocycles. The van der Waals surface area contributed by atoms with Crippen LogP contribution >= 0.6 is 0 Å². The fourth-order valence-corrected chi connectivity index (χ4v) is 1.63. The molecule has 1 aliphatic rings. The Balaban J connectivity index is 1.93. The number of carbonyl (C=O) groups is 2. The maximum absolute atomic E-state index is 11.9. The molecule has 0 radical (unpaired) electrons. The Kier molecular flexibility index (Phi) is 4.04. The maximum Gasteiger partial charge on any atom is 0.309 e. The molecule has 0 saturated heterocycles. The minimum Gasteiger partial charge on any atom is -0.495 e. The van der Waals surface area contributed by atoms with Crippen molar-refractivity contribution in [1.82, 2.24) is 0 Å². The quantitative estimate of drug-likeness (QED) is 0.825. The Bertz CT molecular complexity index is 482. The van der Waals surface area contributed by atoms with Gasteiger partial charge >= 0.3 is 5.97 Å². The molecule has 1 aromatic carbocycles. The minimum atomic E-state index is -0.807. The summed E-state index contributed by atoms with van der Waals surface area (Å²) in [6, 6.07) is 7.08. The van der Waals surface area contributed by atoms with E-state index >= 15 is 0 Å². The standard InChI is InChI=1S/C14H17NO4/c1-9(19-14(17)10-7-8-10)13(16)15-11-5-3-4-6-12(11)18-2/h3-6,9-10H,7-8H2,1-2H3,(H,15,16)/t9-/m0/s1. The molecule has 1 saturated carbocycles. The first-order valence-electron chi connectivity index (χ1n) is 6.26. The van der Waals surface area contributed by atoms with Crippen LogP contribution in [0, 0.1) is 5.92 Å². The lowest BCUT2D eigenvalue weighted by atomic mass is 10.2. The highest BCUT2D eigenvalue weighted by atomic mass is 16.5. The number of hydrogen-bond acceptors (Lipinski definition) is 4. The summed E-state index contributed by atoms with van der Waals surface area (Å²) in [5, 5.41) is 2.68. The Labute approximate surface area is 111 Å². The molecule has 5 nitrogen and oxygen atoms in total. The van der Waals surface area contributed by atoms with E-state index in [9.17, 15) is 9.59 Å². The van der Waals surface area contributed by atoms with Crippen molar-refractivity contribution in [2.45, 2.75) is 25.9 Å². The number of rotatable bonds is 5. The number of para-hydroxylation sites is 2. The molecule has 0 spiro atoms. The van der Waals surface area contributed by atoms with Crippen molar-refractivity contribution < 1.29 is 19.1 Å². The van der Waals surface area contributed by atoms with Gasteiger partial charge in [-0.3, -0.25) is 9.59 Å². The van der Waals surface area contributed by atoms with Gasteiger partial charge in [0.2, 0.25) is 0 Å². The summed E-state index contributed by atoms with van der Waals surface area (Å²) < 4.78 is 10.2. The van der Waals surface area contributed by atoms with Gasteiger partial charge in [0.05, 0.1) is 18.7 Å². The molecule has 1 atom stereocenters. The van der Waals surface area contributed by atoms with Gasteiger partial charge in [-0.1, -0.05) is 12.1 Å². The van der Waals surface area contributed by atoms with Crippen LogP contribution in [0.4, 0.5) is 5.69 Å². The molecule has 5 heteroatoms. The molecule has 1 N–H and O–H groups in total. The summed E-state index contributed by atoms with van der Waals surface area (Å²) in [5.74, 6) is -0.0979. The molecule has 2 rings (SSSR count). The van der Waals surface area contributed by atoms with Crippen LogP contribution in [0.3, 0.4) is 0 Å². The number of anilines is 1. The zero-order valence-corrected chi connectivity index (χ0v) is 11.0. The number of amides is 1. The molecular formula is C14H17NO4. The fraction of sp³-hybridized carbons (Fsp3) is 0.429. The molecule has 0 heterocycles. The largest absolute Gasteiger partial charge is 0.495 e. The molecule has 0 bridgehead atoms. The molecule has 19 heavy (non-hydrogen) atoms. The third kappa shape index (κ3) is 3.47. The number of esters is 1. The fourth-order valence-electron chi connectivity index (χ4n) is 1.63. The SMILES string of the molecule is COc1ccccc1NC(=O)[C@H](C)OC(=O)C1CC1. The van der Waals surface area contributed by atoms with Gasteiger partial charge in [-0.25, -0.2) is 0 Å². The van der Waals surface area contributed by atoms with E-state index in [2.05, 4.69) is 5.32 Å². The summed E-state index contributed by atoms with van der Waals surface area (Å²) in [4.78, 5) is 23.4. The smallest absolute Gasteiger partial charge is 0.309 e. The van der Waals surface area contributed by atoms with Crippen LogP contribution in [0.15, 0.2) is 24.3 Å². The van der Waals surface area contributed by atoms with Gasteiger partial charge in [0, 0.05) is 0 Å². The van der Waals surface area contributed by atoms with E-state index in [1.54, 1.807) is 25.1 Å². The van der Waals surface area contributed by atoms with Gasteiger partial charge in [0.1, 0.15) is 5.75 Å². The predicted molar refractivity (Wildman–Crippen MR) is 69.9 cm³/mol. The number of ether oxygens (including phenoxy) is 2. The van der Waals surface area contributed by atoms with E-state index in [1.165, 1.54) is 7.11 Å². The normalized spacial score (nSPS) is 15.5. The molecule has 0 unspecified atom stereocenters. The van der Waals surface area contributed by atoms with Crippen molar-refractivity contribution in [3.05, 3.63) is 24.3 Å². The second kappa shape index (κ2) is 5.73. The maximum atomic E-state index is 11.9. The Morgan fingerprint density at radius 2 is 2.00 bits per heavy atom. The van der Waals surface area contributed by atoms with Gasteiger partial charge in [0.15, 0.2) is 6.10 Å². The topological polar surface area (TPSA) is 64.6 Å². The second-order valence-corrected chi connectivity index (χ2v) is 4.54. The average Bonchev–Trinajstić information content (AvgIpc) is 3.23. The van der Waals surface area contributed by atoms with E-state index in [0.29, 0.717) is 11.4 Å². The first-order valence-corrected chi connectivity index (χ1v) is 6.26. The van der Waals surface area contributed by atoms with Crippen molar-refractivity contribution in [2.24, 2.45) is 5.92 Å². The molecule has 1 amide bonds. The van der Waals surface area contributed by atoms with Gasteiger partial charge in [-0.15, -0.1) is 0 Å². The average molecular weight is 263 g/mol. The summed E-state index contributed by atoms with van der Waals surface area (Å²) in [6.45, 7) is 1.56. The highest BCUT2D eigenvalue weighted by Crippen LogP contribution is 2.30. The lowest BCUT2D eigenvalue weighted by Crippen LogP contribution is -2.30. The van der Waals surface area contributed by atoms with Crippen molar-refractivity contribution in [3.63, 3.8) is 0 Å². The van der Waals surface area contributed by atoms with Crippen LogP contribution in [0.2, 0.25) is 0 Å². The molecule has 0 aliphatic heterocycles. The number of hydrogen-bond donors (Lipinski definition) is 1. The van der Waals surface area contributed by atoms with Crippen LogP contribution in [-0.2, 0) is 14.3 Å². The highest BCUT2D eigenvalue weighted by Gasteiger charge is 2.33. The number of carbonyl (C=O) groups excluding carboxylic acids is 2. The highest BCUT2D eigenvalue weighted by molar-refractivity contribution is 5.96. The third-order valence-corrected chi connectivity index (χ3v) is 2.94. The monoisotopic (exact) mass is 263 g/mol. The van der Waals surface area contributed by atoms with Crippen LogP contribution in [0.1, 0.15) is 19.8 Å². The lowest BCUT2D eigenvalue weighted by molar-refractivity contribution is -0.154. The Morgan fingerprint density at radius 3 is 2.63 bits per heavy atom. The lowest BCUT2D eigenvalue weighted by Gasteiger charge is -2.14. The van der Waals surface area contributed by atoms with Crippen molar-refractivity contribution in [3.8, 4) is 5.75 Å². The Hall–Kier alpha value is -2.04. The van der Waals surface area contributed by atoms with E-state index < -0.39 is 6.10 Å². The first-order chi connectivity index (χ1) is 9.11. The van der Waals surface area contributed by atoms with Crippen LogP contribution < -0.4 is 10.1 Å². The minimum absolute atomic E-state index is 0.0125. The summed E-state index contributed by atoms with van der Waals surface area (Å²) >= 11 is 0. The van der Waals surface area contributed by atoms with Gasteiger partial charge in [0.25, 0.3) is 5.91 Å². The van der Waals surface area contributed by atoms with Gasteiger partial charge in [-0.05, 0) is 31.9 Å². The molecule has 102 valence electrons. The van der Waals surface area contributed by atoms with Gasteiger partial charge in [-0.2, -0.15) is 0 Å². The van der Waals surface area contributed by atoms with E-state index in [-0.39, 0.29) is 17.8 Å². The van der Waals surface area contributed by atoms with Crippen molar-refractivity contribution in [2.75, 3.05) is 12.4 Å². The predicted octanol–water partition coefficient (Wildman–Crippen LogP) is 1.98. The van der Waals surface area contributed by atoms with E-state index in [4.69, 9.17) is 9.47 Å². The van der Waals surface area contributed by atoms with Gasteiger partial charge < -0.3 is 14.8 Å². The van der Waals surface area contributed by atoms with Crippen molar-refractivity contribution in [1.29, 1.82) is 0 Å². The molecule has 1 aliphatic carbocycles. The summed E-state index contributed by atoms with van der Waals surface area (Å²) in [7, 11) is 1.53. The summed E-state index contributed by atoms with van der Waals surface area (Å²) in [6.07, 6.45) is 0.914. The van der Waals surface area contributed by atoms with E-state index in [1.807, 2.05) is 6.07 Å². The zero-order chi connectivity index (χ0) is 13.8. The van der Waals surface area contributed by atoms with E-state index in [0.717, 1.165) is 12.8 Å². The second-order valence-electron chi connectivity index (χ2n) is 4.54.